The van der Waals surface area contributed by atoms with Gasteiger partial charge in [-0.25, -0.2) is 9.67 Å². The Bertz CT molecular complexity index is 1280. The summed E-state index contributed by atoms with van der Waals surface area (Å²) in [6.07, 6.45) is 8.06. The first-order valence-electron chi connectivity index (χ1n) is 11.3. The lowest BCUT2D eigenvalue weighted by atomic mass is 10.0. The van der Waals surface area contributed by atoms with Gasteiger partial charge in [0, 0.05) is 42.9 Å². The second kappa shape index (κ2) is 12.8. The minimum absolute atomic E-state index is 0.0466. The lowest BCUT2D eigenvalue weighted by Gasteiger charge is -2.11. The molecular formula is C25H34N6O3S. The summed E-state index contributed by atoms with van der Waals surface area (Å²) in [5.41, 5.74) is 14.8. The van der Waals surface area contributed by atoms with Crippen LogP contribution in [-0.4, -0.2) is 39.7 Å². The van der Waals surface area contributed by atoms with Crippen molar-refractivity contribution in [3.05, 3.63) is 74.5 Å². The molecule has 0 bridgehead atoms. The smallest absolute Gasteiger partial charge is 0.276 e. The molecule has 0 aliphatic rings. The number of fused-ring (bicyclic) bond motifs is 1. The van der Waals surface area contributed by atoms with Crippen molar-refractivity contribution in [1.82, 2.24) is 15.1 Å². The van der Waals surface area contributed by atoms with Crippen molar-refractivity contribution in [2.24, 2.45) is 23.5 Å². The zero-order chi connectivity index (χ0) is 26.1. The molecule has 2 heterocycles. The number of hydrogen-bond donors (Lipinski definition) is 4. The lowest BCUT2D eigenvalue weighted by molar-refractivity contribution is 0.0952. The number of nitrogens with two attached hydrogens (primary N) is 2. The molecule has 0 atom stereocenters. The van der Waals surface area contributed by atoms with E-state index in [9.17, 15) is 9.59 Å². The van der Waals surface area contributed by atoms with Gasteiger partial charge in [-0.2, -0.15) is 5.10 Å². The van der Waals surface area contributed by atoms with Crippen LogP contribution in [0.5, 0.6) is 0 Å². The molecule has 1 amide bonds. The van der Waals surface area contributed by atoms with Crippen LogP contribution in [0, 0.1) is 0 Å². The van der Waals surface area contributed by atoms with E-state index in [0.29, 0.717) is 62.6 Å². The second-order valence-corrected chi connectivity index (χ2v) is 9.02. The number of carbonyl (C=O) groups excluding carboxylic acids is 1. The van der Waals surface area contributed by atoms with Crippen LogP contribution in [-0.2, 0) is 19.9 Å². The zero-order valence-corrected chi connectivity index (χ0v) is 21.5. The number of rotatable bonds is 11. The number of nitrogens with zero attached hydrogens (tertiary/aromatic N) is 3. The van der Waals surface area contributed by atoms with Gasteiger partial charge in [-0.15, -0.1) is 11.3 Å². The van der Waals surface area contributed by atoms with Crippen LogP contribution in [0.1, 0.15) is 48.1 Å². The van der Waals surface area contributed by atoms with E-state index in [4.69, 9.17) is 16.6 Å². The molecule has 2 aromatic heterocycles. The summed E-state index contributed by atoms with van der Waals surface area (Å²) in [7, 11) is 1.58. The molecule has 0 aliphatic carbocycles. The minimum atomic E-state index is -0.373. The maximum Gasteiger partial charge on any atom is 0.276 e. The number of nitrogens with one attached hydrogen (secondary N) is 1. The van der Waals surface area contributed by atoms with Gasteiger partial charge in [0.25, 0.3) is 11.5 Å². The number of aliphatic imine (C=N–C) groups is 1. The average Bonchev–Trinajstić information content (AvgIpc) is 3.19. The first kappa shape index (κ1) is 27.7. The molecule has 0 saturated carbocycles. The van der Waals surface area contributed by atoms with Crippen molar-refractivity contribution in [2.75, 3.05) is 13.2 Å². The molecule has 35 heavy (non-hydrogen) atoms. The Labute approximate surface area is 209 Å². The summed E-state index contributed by atoms with van der Waals surface area (Å²) in [6.45, 7) is 9.37. The number of hydrogen-bond acceptors (Lipinski definition) is 8. The van der Waals surface area contributed by atoms with Crippen molar-refractivity contribution in [1.29, 1.82) is 0 Å². The first-order chi connectivity index (χ1) is 16.7. The van der Waals surface area contributed by atoms with Gasteiger partial charge in [-0.3, -0.25) is 9.59 Å². The van der Waals surface area contributed by atoms with E-state index in [1.165, 1.54) is 16.0 Å². The van der Waals surface area contributed by atoms with Crippen LogP contribution in [0.25, 0.3) is 10.1 Å². The molecule has 188 valence electrons. The van der Waals surface area contributed by atoms with Crippen LogP contribution in [0.4, 0.5) is 0 Å². The molecule has 0 fully saturated rings. The summed E-state index contributed by atoms with van der Waals surface area (Å²) < 4.78 is 1.96. The normalized spacial score (nSPS) is 13.4. The van der Waals surface area contributed by atoms with E-state index in [1.54, 1.807) is 45.2 Å². The highest BCUT2D eigenvalue weighted by atomic mass is 32.1. The van der Waals surface area contributed by atoms with E-state index in [2.05, 4.69) is 22.0 Å². The van der Waals surface area contributed by atoms with Crippen molar-refractivity contribution >= 4 is 33.0 Å². The molecule has 0 saturated heterocycles. The van der Waals surface area contributed by atoms with Gasteiger partial charge in [0.05, 0.1) is 21.3 Å². The van der Waals surface area contributed by atoms with Crippen molar-refractivity contribution in [3.63, 3.8) is 0 Å². The third-order valence-electron chi connectivity index (χ3n) is 5.27. The summed E-state index contributed by atoms with van der Waals surface area (Å²) in [4.78, 5) is 31.5. The number of aromatic nitrogens is 2. The monoisotopic (exact) mass is 498 g/mol. The van der Waals surface area contributed by atoms with Gasteiger partial charge in [-0.05, 0) is 38.3 Å². The summed E-state index contributed by atoms with van der Waals surface area (Å²) in [5, 5.41) is 16.6. The highest BCUT2D eigenvalue weighted by Gasteiger charge is 2.25. The Kier molecular flexibility index (Phi) is 10.2. The van der Waals surface area contributed by atoms with E-state index >= 15 is 0 Å². The number of carbonyl (C=O) groups is 1. The number of aliphatic hydroxyl groups is 1. The summed E-state index contributed by atoms with van der Waals surface area (Å²) in [6, 6.07) is 0. The molecule has 0 spiro atoms. The highest BCUT2D eigenvalue weighted by molar-refractivity contribution is 7.19. The maximum atomic E-state index is 13.2. The maximum absolute atomic E-state index is 13.2. The molecule has 2 rings (SSSR count). The molecule has 0 radical (unpaired) electrons. The number of allylic oxidation sites excluding steroid dienone is 6. The van der Waals surface area contributed by atoms with Crippen LogP contribution in [0.15, 0.2) is 57.8 Å². The lowest BCUT2D eigenvalue weighted by Crippen LogP contribution is -2.28. The van der Waals surface area contributed by atoms with Gasteiger partial charge in [0.1, 0.15) is 5.82 Å². The Morgan fingerprint density at radius 2 is 2.03 bits per heavy atom. The quantitative estimate of drug-likeness (QED) is 0.212. The summed E-state index contributed by atoms with van der Waals surface area (Å²) >= 11 is 1.37. The molecule has 0 unspecified atom stereocenters. The Hall–Kier alpha value is -3.50. The fraction of sp³-hybridized carbons (Fsp3) is 0.360. The molecule has 10 heteroatoms. The van der Waals surface area contributed by atoms with Crippen molar-refractivity contribution in [2.45, 2.75) is 40.0 Å². The van der Waals surface area contributed by atoms with E-state index < -0.39 is 0 Å². The average molecular weight is 499 g/mol. The van der Waals surface area contributed by atoms with Gasteiger partial charge < -0.3 is 21.9 Å². The van der Waals surface area contributed by atoms with Gasteiger partial charge in [0.15, 0.2) is 0 Å². The fourth-order valence-corrected chi connectivity index (χ4v) is 4.88. The first-order valence-corrected chi connectivity index (χ1v) is 12.1. The van der Waals surface area contributed by atoms with Crippen molar-refractivity contribution < 1.29 is 9.90 Å². The Morgan fingerprint density at radius 3 is 2.63 bits per heavy atom. The van der Waals surface area contributed by atoms with Gasteiger partial charge >= 0.3 is 0 Å². The van der Waals surface area contributed by atoms with E-state index in [-0.39, 0.29) is 24.6 Å². The number of amides is 1. The topological polar surface area (TPSA) is 149 Å². The third-order valence-corrected chi connectivity index (χ3v) is 6.50. The predicted molar refractivity (Wildman–Crippen MR) is 144 cm³/mol. The number of aliphatic hydroxyl groups excluding tert-OH is 1. The SMILES string of the molecule is C=C/C=C\C=C(/N)N=C(C)C(Cc1sc2c(CC)nn(C)c(=O)c2c1C(=O)NCCCO)=C(C)N. The molecule has 0 aromatic carbocycles. The molecule has 9 nitrogen and oxygen atoms in total. The van der Waals surface area contributed by atoms with Crippen LogP contribution in [0.3, 0.4) is 0 Å². The van der Waals surface area contributed by atoms with E-state index in [0.717, 1.165) is 5.69 Å². The number of aryl methyl sites for hydroxylation is 2. The summed E-state index contributed by atoms with van der Waals surface area (Å²) in [5.74, 6) is -0.0772. The fourth-order valence-electron chi connectivity index (χ4n) is 3.53. The van der Waals surface area contributed by atoms with Gasteiger partial charge in [-0.1, -0.05) is 31.7 Å². The molecular weight excluding hydrogens is 464 g/mol. The van der Waals surface area contributed by atoms with Crippen LogP contribution >= 0.6 is 11.3 Å². The minimum Gasteiger partial charge on any atom is -0.402 e. The molecule has 6 N–H and O–H groups in total. The molecule has 0 aliphatic heterocycles. The Morgan fingerprint density at radius 1 is 1.31 bits per heavy atom. The largest absolute Gasteiger partial charge is 0.402 e. The van der Waals surface area contributed by atoms with Gasteiger partial charge in [0.2, 0.25) is 0 Å². The standard InChI is InChI=1S/C25H34N6O3S/c1-6-8-9-11-20(27)29-16(4)17(15(3)26)14-19-21(24(33)28-12-10-13-32)22-23(35-19)18(7-2)30-31(5)25(22)34/h6,8-9,11,32H,1,7,10,12-14,26-27H2,2-5H3,(H,28,33)/b9-8-,17-15?,20-11+,29-16?. The predicted octanol–water partition coefficient (Wildman–Crippen LogP) is 2.45. The van der Waals surface area contributed by atoms with Crippen molar-refractivity contribution in [3.8, 4) is 0 Å². The van der Waals surface area contributed by atoms with E-state index in [1.807, 2.05) is 6.92 Å². The number of thiophene rings is 1. The van der Waals surface area contributed by atoms with Crippen LogP contribution < -0.4 is 22.3 Å². The Balaban J connectivity index is 2.68. The van der Waals surface area contributed by atoms with Crippen LogP contribution in [0.2, 0.25) is 0 Å². The highest BCUT2D eigenvalue weighted by Crippen LogP contribution is 2.33. The second-order valence-electron chi connectivity index (χ2n) is 7.91. The molecule has 2 aromatic rings. The zero-order valence-electron chi connectivity index (χ0n) is 20.7. The third kappa shape index (κ3) is 6.77.